The summed E-state index contributed by atoms with van der Waals surface area (Å²) in [7, 11) is -3.28. The molecule has 1 aliphatic heterocycles. The van der Waals surface area contributed by atoms with Gasteiger partial charge in [-0.05, 0) is 79.9 Å². The van der Waals surface area contributed by atoms with Gasteiger partial charge in [-0.2, -0.15) is 0 Å². The van der Waals surface area contributed by atoms with Crippen molar-refractivity contribution in [2.75, 3.05) is 29.0 Å². The highest BCUT2D eigenvalue weighted by molar-refractivity contribution is 7.97. The van der Waals surface area contributed by atoms with Gasteiger partial charge in [0.25, 0.3) is 0 Å². The molecule has 1 aliphatic carbocycles. The fourth-order valence-corrected chi connectivity index (χ4v) is 6.45. The SMILES string of the molecule is CCN1CCCc2cc(CN(Sc3cccc(NS(C)(=O)=O)c3)C3CCCC3)ccc21. The lowest BCUT2D eigenvalue weighted by Crippen LogP contribution is -2.29. The minimum atomic E-state index is -3.28. The summed E-state index contributed by atoms with van der Waals surface area (Å²) < 4.78 is 28.3. The van der Waals surface area contributed by atoms with Crippen molar-refractivity contribution in [1.29, 1.82) is 0 Å². The second-order valence-electron chi connectivity index (χ2n) is 8.65. The molecule has 0 radical (unpaired) electrons. The molecule has 0 spiro atoms. The third kappa shape index (κ3) is 5.96. The maximum atomic E-state index is 11.6. The molecular weight excluding hydrogens is 426 g/mol. The van der Waals surface area contributed by atoms with Crippen LogP contribution in [0.25, 0.3) is 0 Å². The first-order valence-corrected chi connectivity index (χ1v) is 14.0. The maximum absolute atomic E-state index is 11.6. The van der Waals surface area contributed by atoms with E-state index in [2.05, 4.69) is 45.1 Å². The molecule has 4 rings (SSSR count). The summed E-state index contributed by atoms with van der Waals surface area (Å²) in [6.45, 7) is 5.35. The van der Waals surface area contributed by atoms with Gasteiger partial charge < -0.3 is 4.90 Å². The summed E-state index contributed by atoms with van der Waals surface area (Å²) in [4.78, 5) is 3.54. The molecule has 0 aromatic heterocycles. The van der Waals surface area contributed by atoms with Gasteiger partial charge in [-0.3, -0.25) is 4.72 Å². The van der Waals surface area contributed by atoms with Gasteiger partial charge in [-0.1, -0.05) is 31.0 Å². The van der Waals surface area contributed by atoms with E-state index < -0.39 is 10.0 Å². The summed E-state index contributed by atoms with van der Waals surface area (Å²) in [5, 5.41) is 0. The minimum absolute atomic E-state index is 0.555. The fourth-order valence-electron chi connectivity index (χ4n) is 4.73. The Balaban J connectivity index is 1.53. The molecule has 1 saturated carbocycles. The van der Waals surface area contributed by atoms with Crippen molar-refractivity contribution in [3.05, 3.63) is 53.6 Å². The Hall–Kier alpha value is -1.70. The van der Waals surface area contributed by atoms with Gasteiger partial charge in [0.15, 0.2) is 0 Å². The van der Waals surface area contributed by atoms with Crippen LogP contribution in [0.4, 0.5) is 11.4 Å². The summed E-state index contributed by atoms with van der Waals surface area (Å²) in [6, 6.07) is 15.3. The van der Waals surface area contributed by atoms with Crippen LogP contribution >= 0.6 is 11.9 Å². The average molecular weight is 460 g/mol. The first-order valence-electron chi connectivity index (χ1n) is 11.3. The molecule has 2 aromatic rings. The summed E-state index contributed by atoms with van der Waals surface area (Å²) in [5.41, 5.74) is 4.85. The van der Waals surface area contributed by atoms with Crippen LogP contribution in [0.5, 0.6) is 0 Å². The van der Waals surface area contributed by atoms with E-state index in [0.29, 0.717) is 11.7 Å². The van der Waals surface area contributed by atoms with Crippen LogP contribution in [0, 0.1) is 0 Å². The van der Waals surface area contributed by atoms with Gasteiger partial charge in [0.2, 0.25) is 10.0 Å². The first-order chi connectivity index (χ1) is 14.9. The lowest BCUT2D eigenvalue weighted by Gasteiger charge is -2.32. The number of nitrogens with zero attached hydrogens (tertiary/aromatic N) is 2. The van der Waals surface area contributed by atoms with Gasteiger partial charge >= 0.3 is 0 Å². The molecule has 0 saturated heterocycles. The van der Waals surface area contributed by atoms with Gasteiger partial charge in [0.1, 0.15) is 0 Å². The topological polar surface area (TPSA) is 52.6 Å². The largest absolute Gasteiger partial charge is 0.372 e. The number of aryl methyl sites for hydroxylation is 1. The third-order valence-corrected chi connectivity index (χ3v) is 7.90. The molecule has 0 bridgehead atoms. The Morgan fingerprint density at radius 3 is 2.68 bits per heavy atom. The van der Waals surface area contributed by atoms with Crippen LogP contribution in [-0.4, -0.2) is 38.1 Å². The average Bonchev–Trinajstić information content (AvgIpc) is 3.26. The van der Waals surface area contributed by atoms with Crippen LogP contribution in [0.15, 0.2) is 47.4 Å². The molecule has 0 amide bonds. The van der Waals surface area contributed by atoms with Crippen molar-refractivity contribution in [3.63, 3.8) is 0 Å². The zero-order valence-electron chi connectivity index (χ0n) is 18.5. The molecule has 168 valence electrons. The molecule has 31 heavy (non-hydrogen) atoms. The maximum Gasteiger partial charge on any atom is 0.229 e. The van der Waals surface area contributed by atoms with Crippen molar-refractivity contribution in [1.82, 2.24) is 4.31 Å². The number of sulfonamides is 1. The van der Waals surface area contributed by atoms with Gasteiger partial charge in [-0.15, -0.1) is 0 Å². The van der Waals surface area contributed by atoms with E-state index in [1.807, 2.05) is 12.1 Å². The number of fused-ring (bicyclic) bond motifs is 1. The molecule has 5 nitrogen and oxygen atoms in total. The van der Waals surface area contributed by atoms with E-state index in [9.17, 15) is 8.42 Å². The van der Waals surface area contributed by atoms with Gasteiger partial charge in [-0.25, -0.2) is 12.7 Å². The quantitative estimate of drug-likeness (QED) is 0.544. The molecule has 1 heterocycles. The third-order valence-electron chi connectivity index (χ3n) is 6.17. The zero-order chi connectivity index (χ0) is 21.8. The Morgan fingerprint density at radius 2 is 1.94 bits per heavy atom. The molecule has 0 unspecified atom stereocenters. The van der Waals surface area contributed by atoms with E-state index in [1.54, 1.807) is 18.0 Å². The zero-order valence-corrected chi connectivity index (χ0v) is 20.1. The Bertz CT molecular complexity index is 1000. The van der Waals surface area contributed by atoms with Crippen molar-refractivity contribution in [3.8, 4) is 0 Å². The fraction of sp³-hybridized carbons (Fsp3) is 0.500. The van der Waals surface area contributed by atoms with Crippen LogP contribution < -0.4 is 9.62 Å². The smallest absolute Gasteiger partial charge is 0.229 e. The highest BCUT2D eigenvalue weighted by atomic mass is 32.2. The highest BCUT2D eigenvalue weighted by Crippen LogP contribution is 2.36. The first kappa shape index (κ1) is 22.5. The van der Waals surface area contributed by atoms with E-state index in [4.69, 9.17) is 0 Å². The lowest BCUT2D eigenvalue weighted by molar-refractivity contribution is 0.350. The summed E-state index contributed by atoms with van der Waals surface area (Å²) in [5.74, 6) is 0. The lowest BCUT2D eigenvalue weighted by atomic mass is 9.99. The molecular formula is C24H33N3O2S2. The van der Waals surface area contributed by atoms with E-state index in [0.717, 1.165) is 31.0 Å². The molecule has 1 N–H and O–H groups in total. The number of benzene rings is 2. The Kier molecular flexibility index (Phi) is 7.14. The van der Waals surface area contributed by atoms with Crippen LogP contribution in [0.3, 0.4) is 0 Å². The minimum Gasteiger partial charge on any atom is -0.372 e. The standard InChI is InChI=1S/C24H33N3O2S2/c1-3-26-15-7-8-20-16-19(13-14-24(20)26)18-27(22-10-4-5-11-22)30-23-12-6-9-21(17-23)25-31(2,28)29/h6,9,12-14,16-17,22,25H,3-5,7-8,10-11,15,18H2,1-2H3. The van der Waals surface area contributed by atoms with Gasteiger partial charge in [0.05, 0.1) is 6.26 Å². The highest BCUT2D eigenvalue weighted by Gasteiger charge is 2.25. The van der Waals surface area contributed by atoms with Gasteiger partial charge in [0, 0.05) is 41.9 Å². The molecule has 2 aromatic carbocycles. The molecule has 1 fully saturated rings. The molecule has 7 heteroatoms. The van der Waals surface area contributed by atoms with Crippen LogP contribution in [-0.2, 0) is 23.0 Å². The number of nitrogens with one attached hydrogen (secondary N) is 1. The summed E-state index contributed by atoms with van der Waals surface area (Å²) >= 11 is 1.75. The number of hydrogen-bond acceptors (Lipinski definition) is 5. The van der Waals surface area contributed by atoms with Crippen molar-refractivity contribution < 1.29 is 8.42 Å². The Morgan fingerprint density at radius 1 is 1.13 bits per heavy atom. The number of hydrogen-bond donors (Lipinski definition) is 1. The molecule has 0 atom stereocenters. The normalized spacial score (nSPS) is 17.2. The van der Waals surface area contributed by atoms with E-state index in [-0.39, 0.29) is 0 Å². The second-order valence-corrected chi connectivity index (χ2v) is 11.5. The van der Waals surface area contributed by atoms with Crippen LogP contribution in [0.1, 0.15) is 50.2 Å². The monoisotopic (exact) mass is 459 g/mol. The second kappa shape index (κ2) is 9.84. The van der Waals surface area contributed by atoms with Crippen molar-refractivity contribution in [2.24, 2.45) is 0 Å². The van der Waals surface area contributed by atoms with Crippen molar-refractivity contribution in [2.45, 2.75) is 62.9 Å². The van der Waals surface area contributed by atoms with Crippen molar-refractivity contribution >= 4 is 33.3 Å². The molecule has 2 aliphatic rings. The predicted molar refractivity (Wildman–Crippen MR) is 131 cm³/mol. The Labute approximate surface area is 191 Å². The van der Waals surface area contributed by atoms with E-state index >= 15 is 0 Å². The predicted octanol–water partition coefficient (Wildman–Crippen LogP) is 5.28. The summed E-state index contributed by atoms with van der Waals surface area (Å²) in [6.07, 6.45) is 8.60. The number of anilines is 2. The van der Waals surface area contributed by atoms with Crippen LogP contribution in [0.2, 0.25) is 0 Å². The van der Waals surface area contributed by atoms with E-state index in [1.165, 1.54) is 55.2 Å². The number of rotatable bonds is 8.